The van der Waals surface area contributed by atoms with Crippen molar-refractivity contribution in [2.75, 3.05) is 0 Å². The predicted molar refractivity (Wildman–Crippen MR) is 90.8 cm³/mol. The minimum Gasteiger partial charge on any atom is -0.309 e. The maximum atomic E-state index is 4.25. The monoisotopic (exact) mass is 269 g/mol. The predicted octanol–water partition coefficient (Wildman–Crippen LogP) is 4.98. The summed E-state index contributed by atoms with van der Waals surface area (Å²) in [5.41, 5.74) is 9.18. The smallest absolute Gasteiger partial charge is 0.0617 e. The number of allylic oxidation sites excluding steroid dienone is 7. The first kappa shape index (κ1) is 12.0. The van der Waals surface area contributed by atoms with Crippen molar-refractivity contribution in [3.05, 3.63) is 83.8 Å². The number of fused-ring (bicyclic) bond motifs is 3. The molecule has 0 fully saturated rings. The zero-order chi connectivity index (χ0) is 14.2. The Labute approximate surface area is 124 Å². The minimum atomic E-state index is 0.932. The summed E-state index contributed by atoms with van der Waals surface area (Å²) in [5.74, 6) is 0. The molecule has 0 saturated carbocycles. The summed E-state index contributed by atoms with van der Waals surface area (Å²) >= 11 is 0. The first-order valence-electron chi connectivity index (χ1n) is 7.14. The molecular formula is C20H15N. The van der Waals surface area contributed by atoms with Gasteiger partial charge in [-0.05, 0) is 24.1 Å². The molecule has 100 valence electrons. The summed E-state index contributed by atoms with van der Waals surface area (Å²) in [6.45, 7) is 4.25. The van der Waals surface area contributed by atoms with Gasteiger partial charge in [0.15, 0.2) is 0 Å². The molecule has 1 aliphatic carbocycles. The second-order valence-electron chi connectivity index (χ2n) is 5.27. The van der Waals surface area contributed by atoms with Crippen LogP contribution in [0.2, 0.25) is 0 Å². The van der Waals surface area contributed by atoms with Crippen LogP contribution in [0, 0.1) is 0 Å². The van der Waals surface area contributed by atoms with Crippen LogP contribution in [0.3, 0.4) is 0 Å². The van der Waals surface area contributed by atoms with E-state index in [1.54, 1.807) is 0 Å². The van der Waals surface area contributed by atoms with Gasteiger partial charge in [0.25, 0.3) is 0 Å². The Balaban J connectivity index is 2.21. The van der Waals surface area contributed by atoms with Gasteiger partial charge in [0.2, 0.25) is 0 Å². The molecule has 0 radical (unpaired) electrons. The van der Waals surface area contributed by atoms with Crippen molar-refractivity contribution in [3.63, 3.8) is 0 Å². The standard InChI is InChI=1S/C20H15N/c1-15-9-4-2-5-10-16-11-8-13-18-17-12-6-3-7-14-19(17)21(15)20(16)18/h2-6,8-9,11-14H,1,10H2/b5-2-,9-4-. The van der Waals surface area contributed by atoms with Gasteiger partial charge >= 0.3 is 0 Å². The van der Waals surface area contributed by atoms with Crippen LogP contribution in [0.25, 0.3) is 28.8 Å². The topological polar surface area (TPSA) is 4.93 Å². The van der Waals surface area contributed by atoms with Crippen LogP contribution in [0.15, 0.2) is 67.0 Å². The van der Waals surface area contributed by atoms with E-state index in [9.17, 15) is 0 Å². The van der Waals surface area contributed by atoms with Crippen LogP contribution in [-0.2, 0) is 6.42 Å². The highest BCUT2D eigenvalue weighted by Crippen LogP contribution is 2.34. The van der Waals surface area contributed by atoms with Gasteiger partial charge in [-0.15, -0.1) is 5.73 Å². The molecular weight excluding hydrogens is 254 g/mol. The average molecular weight is 269 g/mol. The highest BCUT2D eigenvalue weighted by Gasteiger charge is 2.17. The lowest BCUT2D eigenvalue weighted by Gasteiger charge is -2.10. The molecule has 2 aromatic rings. The first-order valence-corrected chi connectivity index (χ1v) is 7.14. The van der Waals surface area contributed by atoms with E-state index in [4.69, 9.17) is 0 Å². The molecule has 1 nitrogen and oxygen atoms in total. The van der Waals surface area contributed by atoms with Gasteiger partial charge < -0.3 is 4.57 Å². The average Bonchev–Trinajstić information content (AvgIpc) is 2.66. The number of rotatable bonds is 0. The molecule has 0 unspecified atom stereocenters. The number of hydrogen-bond acceptors (Lipinski definition) is 0. The lowest BCUT2D eigenvalue weighted by Crippen LogP contribution is -1.98. The van der Waals surface area contributed by atoms with E-state index in [2.05, 4.69) is 65.5 Å². The number of benzene rings is 1. The fourth-order valence-corrected chi connectivity index (χ4v) is 3.07. The Morgan fingerprint density at radius 3 is 3.00 bits per heavy atom. The maximum absolute atomic E-state index is 4.25. The molecule has 4 rings (SSSR count). The van der Waals surface area contributed by atoms with Crippen molar-refractivity contribution < 1.29 is 0 Å². The fourth-order valence-electron chi connectivity index (χ4n) is 3.07. The van der Waals surface area contributed by atoms with Gasteiger partial charge in [-0.2, -0.15) is 0 Å². The van der Waals surface area contributed by atoms with Crippen LogP contribution in [-0.4, -0.2) is 4.57 Å². The van der Waals surface area contributed by atoms with Gasteiger partial charge in [0, 0.05) is 22.7 Å². The van der Waals surface area contributed by atoms with E-state index in [1.165, 1.54) is 22.0 Å². The van der Waals surface area contributed by atoms with E-state index in [-0.39, 0.29) is 0 Å². The molecule has 0 amide bonds. The zero-order valence-electron chi connectivity index (χ0n) is 11.7. The van der Waals surface area contributed by atoms with E-state index in [0.717, 1.165) is 17.8 Å². The molecule has 2 aliphatic rings. The van der Waals surface area contributed by atoms with Crippen molar-refractivity contribution in [1.82, 2.24) is 4.57 Å². The molecule has 0 atom stereocenters. The number of hydrogen-bond donors (Lipinski definition) is 0. The van der Waals surface area contributed by atoms with E-state index in [0.29, 0.717) is 0 Å². The van der Waals surface area contributed by atoms with E-state index < -0.39 is 0 Å². The molecule has 0 N–H and O–H groups in total. The zero-order valence-corrected chi connectivity index (χ0v) is 11.7. The molecule has 0 bridgehead atoms. The first-order chi connectivity index (χ1) is 10.4. The van der Waals surface area contributed by atoms with Crippen LogP contribution in [0.1, 0.15) is 16.8 Å². The van der Waals surface area contributed by atoms with Crippen LogP contribution in [0.4, 0.5) is 0 Å². The van der Waals surface area contributed by atoms with Crippen LogP contribution in [0.5, 0.6) is 0 Å². The third kappa shape index (κ3) is 1.79. The molecule has 0 saturated heterocycles. The Kier molecular flexibility index (Phi) is 2.67. The summed E-state index contributed by atoms with van der Waals surface area (Å²) in [7, 11) is 0. The van der Waals surface area contributed by atoms with Crippen LogP contribution >= 0.6 is 0 Å². The molecule has 1 aromatic carbocycles. The van der Waals surface area contributed by atoms with Gasteiger partial charge in [0.05, 0.1) is 11.2 Å². The molecule has 21 heavy (non-hydrogen) atoms. The number of para-hydroxylation sites is 1. The Hall–Kier alpha value is -2.76. The largest absolute Gasteiger partial charge is 0.309 e. The summed E-state index contributed by atoms with van der Waals surface area (Å²) in [4.78, 5) is 0. The highest BCUT2D eigenvalue weighted by atomic mass is 15.0. The quantitative estimate of drug-likeness (QED) is 0.595. The molecule has 1 aliphatic heterocycles. The second-order valence-corrected chi connectivity index (χ2v) is 5.27. The van der Waals surface area contributed by atoms with Crippen molar-refractivity contribution in [2.24, 2.45) is 0 Å². The Morgan fingerprint density at radius 1 is 1.10 bits per heavy atom. The highest BCUT2D eigenvalue weighted by molar-refractivity contribution is 5.99. The van der Waals surface area contributed by atoms with Gasteiger partial charge in [-0.3, -0.25) is 0 Å². The van der Waals surface area contributed by atoms with E-state index in [1.807, 2.05) is 18.2 Å². The summed E-state index contributed by atoms with van der Waals surface area (Å²) < 4.78 is 2.25. The molecule has 2 heterocycles. The van der Waals surface area contributed by atoms with Crippen LogP contribution < -0.4 is 0 Å². The lowest BCUT2D eigenvalue weighted by molar-refractivity contribution is 1.14. The third-order valence-electron chi connectivity index (χ3n) is 3.99. The van der Waals surface area contributed by atoms with Gasteiger partial charge in [-0.25, -0.2) is 0 Å². The minimum absolute atomic E-state index is 0.932. The fraction of sp³-hybridized carbons (Fsp3) is 0.0500. The summed E-state index contributed by atoms with van der Waals surface area (Å²) in [5, 5.41) is 1.27. The van der Waals surface area contributed by atoms with Crippen molar-refractivity contribution in [3.8, 4) is 0 Å². The SMILES string of the molecule is C=C1/C=C\C=C/Cc2cccc3c4c(n1c23)C=C=CC=C4. The summed E-state index contributed by atoms with van der Waals surface area (Å²) in [6.07, 6.45) is 17.5. The van der Waals surface area contributed by atoms with Gasteiger partial charge in [-0.1, -0.05) is 55.2 Å². The summed E-state index contributed by atoms with van der Waals surface area (Å²) in [6, 6.07) is 6.53. The molecule has 1 heteroatoms. The number of nitrogens with zero attached hydrogens (tertiary/aromatic N) is 1. The lowest BCUT2D eigenvalue weighted by atomic mass is 10.0. The third-order valence-corrected chi connectivity index (χ3v) is 3.99. The van der Waals surface area contributed by atoms with E-state index >= 15 is 0 Å². The van der Waals surface area contributed by atoms with Crippen molar-refractivity contribution in [2.45, 2.75) is 6.42 Å². The van der Waals surface area contributed by atoms with Gasteiger partial charge in [0.1, 0.15) is 0 Å². The maximum Gasteiger partial charge on any atom is 0.0617 e. The second kappa shape index (κ2) is 4.66. The van der Waals surface area contributed by atoms with Crippen molar-refractivity contribution >= 4 is 28.8 Å². The number of aromatic nitrogens is 1. The Morgan fingerprint density at radius 2 is 2.05 bits per heavy atom. The normalized spacial score (nSPS) is 18.8. The molecule has 1 aromatic heterocycles. The Bertz CT molecular complexity index is 907. The van der Waals surface area contributed by atoms with Crippen molar-refractivity contribution in [1.29, 1.82) is 0 Å². The molecule has 0 spiro atoms.